The minimum absolute atomic E-state index is 0. The summed E-state index contributed by atoms with van der Waals surface area (Å²) in [7, 11) is 0. The van der Waals surface area contributed by atoms with Crippen molar-refractivity contribution in [1.82, 2.24) is 19.7 Å². The van der Waals surface area contributed by atoms with E-state index < -0.39 is 0 Å². The minimum Gasteiger partial charge on any atom is -0.367 e. The largest absolute Gasteiger partial charge is 0.367 e. The third-order valence-corrected chi connectivity index (χ3v) is 6.19. The van der Waals surface area contributed by atoms with E-state index in [4.69, 9.17) is 0 Å². The summed E-state index contributed by atoms with van der Waals surface area (Å²) < 4.78 is 16.5. The number of benzene rings is 3. The van der Waals surface area contributed by atoms with Gasteiger partial charge in [0.2, 0.25) is 0 Å². The van der Waals surface area contributed by atoms with Gasteiger partial charge in [0, 0.05) is 37.3 Å². The van der Waals surface area contributed by atoms with Crippen molar-refractivity contribution in [2.45, 2.75) is 20.5 Å². The Morgan fingerprint density at radius 1 is 0.971 bits per heavy atom. The quantitative estimate of drug-likeness (QED) is 0.340. The number of Topliss-reactive ketones (excluding diaryl/α,β-unsaturated/α-hetero) is 1. The van der Waals surface area contributed by atoms with Gasteiger partial charge >= 0.3 is 0 Å². The molecule has 0 saturated carbocycles. The van der Waals surface area contributed by atoms with E-state index in [1.165, 1.54) is 23.8 Å². The molecule has 1 fully saturated rings. The molecule has 4 aromatic rings. The van der Waals surface area contributed by atoms with Crippen molar-refractivity contribution in [3.63, 3.8) is 0 Å². The summed E-state index contributed by atoms with van der Waals surface area (Å²) in [6.07, 6.45) is 0. The van der Waals surface area contributed by atoms with E-state index in [0.717, 1.165) is 30.3 Å². The summed E-state index contributed by atoms with van der Waals surface area (Å²) in [5.74, 6) is 1.12. The van der Waals surface area contributed by atoms with Crippen LogP contribution in [0.4, 0.5) is 10.1 Å². The first-order valence-corrected chi connectivity index (χ1v) is 11.2. The molecular weight excluding hydrogens is 497 g/mol. The molecule has 1 aliphatic rings. The van der Waals surface area contributed by atoms with Gasteiger partial charge in [-0.3, -0.25) is 9.69 Å². The van der Waals surface area contributed by atoms with E-state index in [2.05, 4.69) is 45.3 Å². The Kier molecular flexibility index (Phi) is 7.09. The zero-order chi connectivity index (χ0) is 22.9. The predicted octanol–water partition coefficient (Wildman–Crippen LogP) is 5.11. The first-order valence-electron chi connectivity index (χ1n) is 11.2. The van der Waals surface area contributed by atoms with Gasteiger partial charge in [0.1, 0.15) is 11.6 Å². The van der Waals surface area contributed by atoms with Crippen molar-refractivity contribution in [1.29, 1.82) is 0 Å². The summed E-state index contributed by atoms with van der Waals surface area (Å²) in [6, 6.07) is 19.4. The van der Waals surface area contributed by atoms with Crippen molar-refractivity contribution < 1.29 is 9.18 Å². The SMILES string of the molecule is Br.CC(=O)c1ccc(N2CCN(Cn3nc(C)nc3-c3ccc4ccccc4c3)CC2)c(F)c1. The average Bonchev–Trinajstić information content (AvgIpc) is 3.19. The summed E-state index contributed by atoms with van der Waals surface area (Å²) in [5.41, 5.74) is 1.99. The van der Waals surface area contributed by atoms with Gasteiger partial charge in [-0.05, 0) is 48.9 Å². The maximum Gasteiger partial charge on any atom is 0.159 e. The molecule has 1 aliphatic heterocycles. The van der Waals surface area contributed by atoms with Gasteiger partial charge in [-0.25, -0.2) is 14.1 Å². The number of carbonyl (C=O) groups is 1. The molecule has 5 rings (SSSR count). The van der Waals surface area contributed by atoms with Crippen molar-refractivity contribution in [3.8, 4) is 11.4 Å². The lowest BCUT2D eigenvalue weighted by molar-refractivity contribution is 0.101. The van der Waals surface area contributed by atoms with E-state index >= 15 is 0 Å². The predicted molar refractivity (Wildman–Crippen MR) is 138 cm³/mol. The first-order chi connectivity index (χ1) is 16.0. The Balaban J connectivity index is 0.00000274. The lowest BCUT2D eigenvalue weighted by atomic mass is 10.1. The molecule has 3 aromatic carbocycles. The number of carbonyl (C=O) groups excluding carboxylic acids is 1. The second-order valence-corrected chi connectivity index (χ2v) is 8.51. The number of piperazine rings is 1. The zero-order valence-electron chi connectivity index (χ0n) is 19.2. The van der Waals surface area contributed by atoms with Gasteiger partial charge in [0.25, 0.3) is 0 Å². The van der Waals surface area contributed by atoms with Gasteiger partial charge < -0.3 is 4.90 Å². The molecule has 1 saturated heterocycles. The van der Waals surface area contributed by atoms with Crippen LogP contribution in [0.2, 0.25) is 0 Å². The lowest BCUT2D eigenvalue weighted by Gasteiger charge is -2.36. The van der Waals surface area contributed by atoms with Gasteiger partial charge in [0.05, 0.1) is 12.4 Å². The summed E-state index contributed by atoms with van der Waals surface area (Å²) in [5, 5.41) is 7.01. The van der Waals surface area contributed by atoms with Crippen LogP contribution in [-0.2, 0) is 6.67 Å². The number of anilines is 1. The van der Waals surface area contributed by atoms with Crippen molar-refractivity contribution in [3.05, 3.63) is 77.9 Å². The number of ketones is 1. The summed E-state index contributed by atoms with van der Waals surface area (Å²) in [4.78, 5) is 20.5. The molecule has 0 unspecified atom stereocenters. The standard InChI is InChI=1S/C26H26FN5O.BrH/c1-18(33)21-9-10-25(24(27)16-21)31-13-11-30(12-14-31)17-32-26(28-19(2)29-32)23-8-7-20-5-3-4-6-22(20)15-23;/h3-10,15-16H,11-14,17H2,1-2H3;1H. The second kappa shape index (κ2) is 10.0. The molecule has 6 nitrogen and oxygen atoms in total. The Labute approximate surface area is 208 Å². The van der Waals surface area contributed by atoms with E-state index in [0.29, 0.717) is 31.0 Å². The number of nitrogens with zero attached hydrogens (tertiary/aromatic N) is 5. The third-order valence-electron chi connectivity index (χ3n) is 6.19. The minimum atomic E-state index is -0.346. The van der Waals surface area contributed by atoms with Crippen LogP contribution in [0.1, 0.15) is 23.1 Å². The van der Waals surface area contributed by atoms with E-state index in [1.54, 1.807) is 12.1 Å². The number of aryl methyl sites for hydroxylation is 1. The highest BCUT2D eigenvalue weighted by Gasteiger charge is 2.22. The van der Waals surface area contributed by atoms with Crippen molar-refractivity contribution >= 4 is 39.2 Å². The fourth-order valence-corrected chi connectivity index (χ4v) is 4.40. The Morgan fingerprint density at radius 2 is 1.71 bits per heavy atom. The van der Waals surface area contributed by atoms with E-state index in [9.17, 15) is 9.18 Å². The number of aromatic nitrogens is 3. The molecule has 8 heteroatoms. The van der Waals surface area contributed by atoms with Gasteiger partial charge in [0.15, 0.2) is 11.6 Å². The van der Waals surface area contributed by atoms with Crippen LogP contribution in [0.5, 0.6) is 0 Å². The molecule has 0 bridgehead atoms. The lowest BCUT2D eigenvalue weighted by Crippen LogP contribution is -2.47. The molecule has 1 aromatic heterocycles. The topological polar surface area (TPSA) is 54.3 Å². The number of hydrogen-bond acceptors (Lipinski definition) is 5. The smallest absolute Gasteiger partial charge is 0.159 e. The normalized spacial score (nSPS) is 14.3. The zero-order valence-corrected chi connectivity index (χ0v) is 21.0. The van der Waals surface area contributed by atoms with Crippen LogP contribution in [0.15, 0.2) is 60.7 Å². The number of hydrogen-bond donors (Lipinski definition) is 0. The van der Waals surface area contributed by atoms with Crippen LogP contribution in [0, 0.1) is 12.7 Å². The Bertz CT molecular complexity index is 1330. The van der Waals surface area contributed by atoms with Crippen LogP contribution < -0.4 is 4.90 Å². The van der Waals surface area contributed by atoms with E-state index in [1.807, 2.05) is 28.6 Å². The fraction of sp³-hybridized carbons (Fsp3) is 0.269. The summed E-state index contributed by atoms with van der Waals surface area (Å²) >= 11 is 0. The molecule has 0 N–H and O–H groups in total. The van der Waals surface area contributed by atoms with E-state index in [-0.39, 0.29) is 28.6 Å². The average molecular weight is 524 g/mol. The number of rotatable bonds is 5. The Hall–Kier alpha value is -3.10. The number of fused-ring (bicyclic) bond motifs is 1. The van der Waals surface area contributed by atoms with Crippen LogP contribution >= 0.6 is 17.0 Å². The highest BCUT2D eigenvalue weighted by Crippen LogP contribution is 2.25. The molecule has 0 spiro atoms. The molecule has 0 aliphatic carbocycles. The monoisotopic (exact) mass is 523 g/mol. The molecular formula is C26H27BrFN5O. The van der Waals surface area contributed by atoms with Gasteiger partial charge in [-0.2, -0.15) is 5.10 Å². The Morgan fingerprint density at radius 3 is 2.41 bits per heavy atom. The summed E-state index contributed by atoms with van der Waals surface area (Å²) in [6.45, 7) is 6.96. The van der Waals surface area contributed by atoms with Crippen molar-refractivity contribution in [2.75, 3.05) is 31.1 Å². The maximum absolute atomic E-state index is 14.6. The highest BCUT2D eigenvalue weighted by atomic mass is 79.9. The molecule has 2 heterocycles. The molecule has 0 radical (unpaired) electrons. The second-order valence-electron chi connectivity index (χ2n) is 8.51. The maximum atomic E-state index is 14.6. The molecule has 0 atom stereocenters. The highest BCUT2D eigenvalue weighted by molar-refractivity contribution is 8.93. The van der Waals surface area contributed by atoms with Crippen molar-refractivity contribution in [2.24, 2.45) is 0 Å². The van der Waals surface area contributed by atoms with Gasteiger partial charge in [-0.1, -0.05) is 36.4 Å². The number of halogens is 2. The third kappa shape index (κ3) is 4.88. The molecule has 0 amide bonds. The molecule has 34 heavy (non-hydrogen) atoms. The first kappa shape index (κ1) is 24.0. The molecule has 176 valence electrons. The van der Waals surface area contributed by atoms with Crippen LogP contribution in [-0.4, -0.2) is 51.6 Å². The van der Waals surface area contributed by atoms with Crippen LogP contribution in [0.25, 0.3) is 22.2 Å². The fourth-order valence-electron chi connectivity index (χ4n) is 4.40. The van der Waals surface area contributed by atoms with Crippen LogP contribution in [0.3, 0.4) is 0 Å². The van der Waals surface area contributed by atoms with Gasteiger partial charge in [-0.15, -0.1) is 17.0 Å².